The van der Waals surface area contributed by atoms with Gasteiger partial charge in [0.2, 0.25) is 5.91 Å². The first-order chi connectivity index (χ1) is 13.8. The zero-order valence-corrected chi connectivity index (χ0v) is 16.8. The molecule has 0 radical (unpaired) electrons. The van der Waals surface area contributed by atoms with Gasteiger partial charge in [0.25, 0.3) is 11.1 Å². The van der Waals surface area contributed by atoms with Crippen molar-refractivity contribution in [2.75, 3.05) is 6.54 Å². The maximum Gasteiger partial charge on any atom is 0.267 e. The van der Waals surface area contributed by atoms with Gasteiger partial charge in [0, 0.05) is 36.1 Å². The van der Waals surface area contributed by atoms with Crippen LogP contribution in [0.5, 0.6) is 0 Å². The van der Waals surface area contributed by atoms with E-state index < -0.39 is 0 Å². The van der Waals surface area contributed by atoms with Gasteiger partial charge < -0.3 is 5.32 Å². The van der Waals surface area contributed by atoms with Crippen LogP contribution in [-0.4, -0.2) is 41.6 Å². The molecule has 3 rings (SSSR count). The first kappa shape index (κ1) is 20.2. The molecule has 10 nitrogen and oxygen atoms in total. The number of carbonyl (C=O) groups is 1. The molecule has 0 saturated carbocycles. The summed E-state index contributed by atoms with van der Waals surface area (Å²) >= 11 is 0. The number of nitrogens with one attached hydrogen (secondary N) is 1. The Balaban J connectivity index is 1.66. The van der Waals surface area contributed by atoms with E-state index in [0.717, 1.165) is 16.1 Å². The highest BCUT2D eigenvalue weighted by atomic mass is 16.2. The first-order valence-corrected chi connectivity index (χ1v) is 9.17. The molecular weight excluding hydrogens is 374 g/mol. The smallest absolute Gasteiger partial charge is 0.267 e. The highest BCUT2D eigenvalue weighted by molar-refractivity contribution is 5.75. The summed E-state index contributed by atoms with van der Waals surface area (Å²) in [6, 6.07) is 4.81. The van der Waals surface area contributed by atoms with E-state index in [0.29, 0.717) is 17.1 Å². The fourth-order valence-electron chi connectivity index (χ4n) is 2.87. The topological polar surface area (TPSA) is 117 Å². The second kappa shape index (κ2) is 8.21. The van der Waals surface area contributed by atoms with Crippen LogP contribution >= 0.6 is 0 Å². The Bertz CT molecular complexity index is 1170. The molecule has 0 aliphatic heterocycles. The Labute approximate surface area is 166 Å². The Morgan fingerprint density at radius 2 is 1.86 bits per heavy atom. The van der Waals surface area contributed by atoms with Crippen molar-refractivity contribution in [3.63, 3.8) is 0 Å². The molecule has 0 aromatic carbocycles. The molecular formula is C19H23N7O3. The Morgan fingerprint density at radius 1 is 1.10 bits per heavy atom. The zero-order valence-electron chi connectivity index (χ0n) is 16.8. The van der Waals surface area contributed by atoms with Crippen molar-refractivity contribution < 1.29 is 4.79 Å². The largest absolute Gasteiger partial charge is 0.353 e. The lowest BCUT2D eigenvalue weighted by Crippen LogP contribution is -2.36. The monoisotopic (exact) mass is 397 g/mol. The standard InChI is InChI=1S/C19H23N7O3/c1-12-9-13(2)26(22-12)16-5-6-18(28)25(23-16)10-17(27)20-7-8-24-11-21-15(4)14(3)19(24)29/h5-6,9,11H,7-8,10H2,1-4H3,(H,20,27). The van der Waals surface area contributed by atoms with Gasteiger partial charge in [0.15, 0.2) is 5.82 Å². The van der Waals surface area contributed by atoms with Crippen LogP contribution in [0.2, 0.25) is 0 Å². The van der Waals surface area contributed by atoms with Gasteiger partial charge in [-0.25, -0.2) is 14.3 Å². The van der Waals surface area contributed by atoms with E-state index in [1.165, 1.54) is 17.0 Å². The van der Waals surface area contributed by atoms with Crippen LogP contribution in [0.3, 0.4) is 0 Å². The fourth-order valence-corrected chi connectivity index (χ4v) is 2.87. The third-order valence-electron chi connectivity index (χ3n) is 4.56. The number of amides is 1. The number of aryl methyl sites for hydroxylation is 3. The molecule has 0 aliphatic carbocycles. The number of nitrogens with zero attached hydrogens (tertiary/aromatic N) is 6. The van der Waals surface area contributed by atoms with E-state index in [9.17, 15) is 14.4 Å². The third kappa shape index (κ3) is 4.48. The van der Waals surface area contributed by atoms with Crippen LogP contribution in [-0.2, 0) is 17.9 Å². The fraction of sp³-hybridized carbons (Fsp3) is 0.368. The summed E-state index contributed by atoms with van der Waals surface area (Å²) in [6.07, 6.45) is 1.46. The van der Waals surface area contributed by atoms with Crippen molar-refractivity contribution in [2.24, 2.45) is 0 Å². The molecule has 0 unspecified atom stereocenters. The van der Waals surface area contributed by atoms with Gasteiger partial charge >= 0.3 is 0 Å². The molecule has 3 aromatic rings. The lowest BCUT2D eigenvalue weighted by molar-refractivity contribution is -0.121. The van der Waals surface area contributed by atoms with E-state index in [-0.39, 0.29) is 36.7 Å². The van der Waals surface area contributed by atoms with Crippen molar-refractivity contribution in [1.82, 2.24) is 34.4 Å². The van der Waals surface area contributed by atoms with Crippen LogP contribution < -0.4 is 16.4 Å². The minimum atomic E-state index is -0.389. The lowest BCUT2D eigenvalue weighted by atomic mass is 10.3. The molecule has 29 heavy (non-hydrogen) atoms. The van der Waals surface area contributed by atoms with E-state index in [4.69, 9.17) is 0 Å². The molecule has 0 aliphatic rings. The van der Waals surface area contributed by atoms with Crippen molar-refractivity contribution in [1.29, 1.82) is 0 Å². The maximum atomic E-state index is 12.2. The number of carbonyl (C=O) groups excluding carboxylic acids is 1. The minimum Gasteiger partial charge on any atom is -0.353 e. The highest BCUT2D eigenvalue weighted by Crippen LogP contribution is 2.07. The number of rotatable bonds is 6. The number of aromatic nitrogens is 6. The predicted octanol–water partition coefficient (Wildman–Crippen LogP) is 0.0358. The normalized spacial score (nSPS) is 10.9. The van der Waals surface area contributed by atoms with Gasteiger partial charge in [-0.1, -0.05) is 0 Å². The average Bonchev–Trinajstić information content (AvgIpc) is 3.01. The first-order valence-electron chi connectivity index (χ1n) is 9.17. The van der Waals surface area contributed by atoms with Crippen LogP contribution in [0, 0.1) is 27.7 Å². The molecule has 0 spiro atoms. The van der Waals surface area contributed by atoms with E-state index in [1.807, 2.05) is 19.9 Å². The molecule has 0 fully saturated rings. The minimum absolute atomic E-state index is 0.137. The number of hydrogen-bond donors (Lipinski definition) is 1. The summed E-state index contributed by atoms with van der Waals surface area (Å²) in [6.45, 7) is 7.52. The molecule has 0 saturated heterocycles. The maximum absolute atomic E-state index is 12.2. The van der Waals surface area contributed by atoms with Crippen molar-refractivity contribution in [2.45, 2.75) is 40.8 Å². The quantitative estimate of drug-likeness (QED) is 0.628. The molecule has 1 N–H and O–H groups in total. The van der Waals surface area contributed by atoms with Gasteiger partial charge in [-0.15, -0.1) is 5.10 Å². The summed E-state index contributed by atoms with van der Waals surface area (Å²) in [5.74, 6) is 0.0747. The van der Waals surface area contributed by atoms with Crippen LogP contribution in [0.1, 0.15) is 22.6 Å². The van der Waals surface area contributed by atoms with Crippen molar-refractivity contribution in [3.05, 3.63) is 67.9 Å². The second-order valence-electron chi connectivity index (χ2n) is 6.83. The predicted molar refractivity (Wildman–Crippen MR) is 106 cm³/mol. The summed E-state index contributed by atoms with van der Waals surface area (Å²) in [5.41, 5.74) is 2.44. The molecule has 0 atom stereocenters. The number of hydrogen-bond acceptors (Lipinski definition) is 6. The molecule has 1 amide bonds. The zero-order chi connectivity index (χ0) is 21.1. The van der Waals surface area contributed by atoms with Crippen LogP contribution in [0.25, 0.3) is 5.82 Å². The van der Waals surface area contributed by atoms with E-state index in [1.54, 1.807) is 24.6 Å². The molecule has 152 valence electrons. The Kier molecular flexibility index (Phi) is 5.71. The van der Waals surface area contributed by atoms with Crippen LogP contribution in [0.4, 0.5) is 0 Å². The van der Waals surface area contributed by atoms with E-state index in [2.05, 4.69) is 20.5 Å². The van der Waals surface area contributed by atoms with Gasteiger partial charge in [-0.05, 0) is 39.8 Å². The van der Waals surface area contributed by atoms with Gasteiger partial charge in [0.05, 0.1) is 12.0 Å². The third-order valence-corrected chi connectivity index (χ3v) is 4.56. The molecule has 10 heteroatoms. The van der Waals surface area contributed by atoms with Crippen molar-refractivity contribution >= 4 is 5.91 Å². The van der Waals surface area contributed by atoms with Gasteiger partial charge in [-0.3, -0.25) is 19.0 Å². The second-order valence-corrected chi connectivity index (χ2v) is 6.83. The SMILES string of the molecule is Cc1cc(C)n(-c2ccc(=O)n(CC(=O)NCCn3cnc(C)c(C)c3=O)n2)n1. The summed E-state index contributed by atoms with van der Waals surface area (Å²) in [7, 11) is 0. The Morgan fingerprint density at radius 3 is 2.55 bits per heavy atom. The Hall–Kier alpha value is -3.56. The summed E-state index contributed by atoms with van der Waals surface area (Å²) < 4.78 is 4.14. The molecule has 0 bridgehead atoms. The van der Waals surface area contributed by atoms with E-state index >= 15 is 0 Å². The summed E-state index contributed by atoms with van der Waals surface area (Å²) in [5, 5.41) is 11.3. The van der Waals surface area contributed by atoms with Gasteiger partial charge in [0.1, 0.15) is 6.54 Å². The summed E-state index contributed by atoms with van der Waals surface area (Å²) in [4.78, 5) is 40.6. The molecule has 3 heterocycles. The average molecular weight is 397 g/mol. The van der Waals surface area contributed by atoms with Crippen molar-refractivity contribution in [3.8, 4) is 5.82 Å². The van der Waals surface area contributed by atoms with Crippen LogP contribution in [0.15, 0.2) is 34.1 Å². The highest BCUT2D eigenvalue weighted by Gasteiger charge is 2.10. The molecule has 3 aromatic heterocycles. The lowest BCUT2D eigenvalue weighted by Gasteiger charge is -2.10. The van der Waals surface area contributed by atoms with Gasteiger partial charge in [-0.2, -0.15) is 5.10 Å².